The third kappa shape index (κ3) is 2.87. The fourth-order valence-electron chi connectivity index (χ4n) is 3.76. The molecule has 0 aromatic heterocycles. The minimum atomic E-state index is -0.776. The van der Waals surface area contributed by atoms with Gasteiger partial charge in [0.15, 0.2) is 0 Å². The number of carbonyl (C=O) groups is 2. The fourth-order valence-corrected chi connectivity index (χ4v) is 3.76. The highest BCUT2D eigenvalue weighted by molar-refractivity contribution is 5.94. The van der Waals surface area contributed by atoms with Gasteiger partial charge in [-0.2, -0.15) is 0 Å². The number of aryl methyl sites for hydroxylation is 2. The maximum absolute atomic E-state index is 12.3. The Labute approximate surface area is 130 Å². The summed E-state index contributed by atoms with van der Waals surface area (Å²) >= 11 is 0. The molecule has 0 aliphatic heterocycles. The SMILES string of the molecule is O=C(NCC1(C(=O)O)CCCCC1)c1ccc2c(c1)CCC2. The van der Waals surface area contributed by atoms with Crippen LogP contribution in [0.25, 0.3) is 0 Å². The van der Waals surface area contributed by atoms with E-state index in [1.807, 2.05) is 18.2 Å². The highest BCUT2D eigenvalue weighted by Crippen LogP contribution is 2.36. The van der Waals surface area contributed by atoms with Gasteiger partial charge in [0.05, 0.1) is 5.41 Å². The monoisotopic (exact) mass is 301 g/mol. The molecule has 1 aromatic carbocycles. The van der Waals surface area contributed by atoms with Crippen LogP contribution in [0.4, 0.5) is 0 Å². The molecule has 22 heavy (non-hydrogen) atoms. The Bertz CT molecular complexity index is 588. The topological polar surface area (TPSA) is 66.4 Å². The van der Waals surface area contributed by atoms with E-state index in [1.165, 1.54) is 11.1 Å². The summed E-state index contributed by atoms with van der Waals surface area (Å²) in [7, 11) is 0. The van der Waals surface area contributed by atoms with Gasteiger partial charge in [-0.25, -0.2) is 0 Å². The third-order valence-electron chi connectivity index (χ3n) is 5.21. The number of carboxylic acids is 1. The first-order valence-corrected chi connectivity index (χ1v) is 8.24. The lowest BCUT2D eigenvalue weighted by molar-refractivity contribution is -0.150. The predicted molar refractivity (Wildman–Crippen MR) is 84.0 cm³/mol. The van der Waals surface area contributed by atoms with Gasteiger partial charge >= 0.3 is 5.97 Å². The van der Waals surface area contributed by atoms with Crippen molar-refractivity contribution < 1.29 is 14.7 Å². The van der Waals surface area contributed by atoms with Gasteiger partial charge in [0.25, 0.3) is 5.91 Å². The van der Waals surface area contributed by atoms with E-state index in [0.29, 0.717) is 18.4 Å². The zero-order chi connectivity index (χ0) is 15.6. The zero-order valence-corrected chi connectivity index (χ0v) is 12.9. The third-order valence-corrected chi connectivity index (χ3v) is 5.21. The molecule has 0 radical (unpaired) electrons. The average molecular weight is 301 g/mol. The van der Waals surface area contributed by atoms with Crippen molar-refractivity contribution in [3.63, 3.8) is 0 Å². The summed E-state index contributed by atoms with van der Waals surface area (Å²) < 4.78 is 0. The van der Waals surface area contributed by atoms with Crippen LogP contribution in [0.15, 0.2) is 18.2 Å². The van der Waals surface area contributed by atoms with Crippen LogP contribution in [-0.2, 0) is 17.6 Å². The molecule has 0 atom stereocenters. The molecule has 0 saturated heterocycles. The van der Waals surface area contributed by atoms with Crippen molar-refractivity contribution in [1.82, 2.24) is 5.32 Å². The van der Waals surface area contributed by atoms with Gasteiger partial charge in [-0.05, 0) is 55.4 Å². The van der Waals surface area contributed by atoms with Crippen LogP contribution < -0.4 is 5.32 Å². The Hall–Kier alpha value is -1.84. The maximum Gasteiger partial charge on any atom is 0.311 e. The summed E-state index contributed by atoms with van der Waals surface area (Å²) in [6.07, 6.45) is 7.56. The molecule has 3 rings (SSSR count). The van der Waals surface area contributed by atoms with Crippen LogP contribution in [0.5, 0.6) is 0 Å². The van der Waals surface area contributed by atoms with E-state index in [0.717, 1.165) is 38.5 Å². The number of hydrogen-bond donors (Lipinski definition) is 2. The van der Waals surface area contributed by atoms with Gasteiger partial charge in [0.2, 0.25) is 0 Å². The number of hydrogen-bond acceptors (Lipinski definition) is 2. The van der Waals surface area contributed by atoms with Crippen LogP contribution in [0.1, 0.15) is 60.0 Å². The van der Waals surface area contributed by atoms with Crippen molar-refractivity contribution in [2.24, 2.45) is 5.41 Å². The quantitative estimate of drug-likeness (QED) is 0.898. The molecule has 1 amide bonds. The molecule has 0 bridgehead atoms. The molecular formula is C18H23NO3. The molecular weight excluding hydrogens is 278 g/mol. The second kappa shape index (κ2) is 6.11. The number of benzene rings is 1. The summed E-state index contributed by atoms with van der Waals surface area (Å²) in [5.41, 5.74) is 2.48. The molecule has 1 saturated carbocycles. The normalized spacial score (nSPS) is 19.5. The molecule has 118 valence electrons. The van der Waals surface area contributed by atoms with E-state index < -0.39 is 11.4 Å². The summed E-state index contributed by atoms with van der Waals surface area (Å²) in [6.45, 7) is 0.234. The second-order valence-corrected chi connectivity index (χ2v) is 6.67. The van der Waals surface area contributed by atoms with Crippen molar-refractivity contribution in [3.8, 4) is 0 Å². The van der Waals surface area contributed by atoms with Gasteiger partial charge < -0.3 is 10.4 Å². The smallest absolute Gasteiger partial charge is 0.311 e. The highest BCUT2D eigenvalue weighted by Gasteiger charge is 2.39. The number of aliphatic carboxylic acids is 1. The Balaban J connectivity index is 1.67. The first kappa shape index (κ1) is 15.1. The predicted octanol–water partition coefficient (Wildman–Crippen LogP) is 2.94. The van der Waals surface area contributed by atoms with Crippen molar-refractivity contribution in [1.29, 1.82) is 0 Å². The molecule has 0 spiro atoms. The molecule has 2 aliphatic rings. The van der Waals surface area contributed by atoms with Crippen molar-refractivity contribution in [2.75, 3.05) is 6.54 Å². The lowest BCUT2D eigenvalue weighted by Gasteiger charge is -2.33. The van der Waals surface area contributed by atoms with Crippen molar-refractivity contribution >= 4 is 11.9 Å². The molecule has 1 fully saturated rings. The molecule has 4 nitrogen and oxygen atoms in total. The second-order valence-electron chi connectivity index (χ2n) is 6.67. The van der Waals surface area contributed by atoms with E-state index >= 15 is 0 Å². The Kier molecular flexibility index (Phi) is 4.19. The summed E-state index contributed by atoms with van der Waals surface area (Å²) in [4.78, 5) is 24.0. The van der Waals surface area contributed by atoms with Crippen molar-refractivity contribution in [2.45, 2.75) is 51.4 Å². The molecule has 1 aromatic rings. The van der Waals surface area contributed by atoms with Gasteiger partial charge in [0.1, 0.15) is 0 Å². The fraction of sp³-hybridized carbons (Fsp3) is 0.556. The maximum atomic E-state index is 12.3. The van der Waals surface area contributed by atoms with E-state index in [-0.39, 0.29) is 12.5 Å². The van der Waals surface area contributed by atoms with E-state index in [2.05, 4.69) is 5.32 Å². The molecule has 4 heteroatoms. The number of fused-ring (bicyclic) bond motifs is 1. The highest BCUT2D eigenvalue weighted by atomic mass is 16.4. The Morgan fingerprint density at radius 3 is 2.50 bits per heavy atom. The molecule has 0 heterocycles. The standard InChI is InChI=1S/C18H23NO3/c20-16(15-8-7-13-5-4-6-14(13)11-15)19-12-18(17(21)22)9-2-1-3-10-18/h7-8,11H,1-6,9-10,12H2,(H,19,20)(H,21,22). The van der Waals surface area contributed by atoms with E-state index in [1.54, 1.807) is 0 Å². The lowest BCUT2D eigenvalue weighted by atomic mass is 9.74. The summed E-state index contributed by atoms with van der Waals surface area (Å²) in [5.74, 6) is -0.928. The van der Waals surface area contributed by atoms with Crippen LogP contribution in [0.3, 0.4) is 0 Å². The first-order valence-electron chi connectivity index (χ1n) is 8.24. The Morgan fingerprint density at radius 1 is 1.05 bits per heavy atom. The van der Waals surface area contributed by atoms with Gasteiger partial charge in [0, 0.05) is 12.1 Å². The van der Waals surface area contributed by atoms with Crippen LogP contribution in [-0.4, -0.2) is 23.5 Å². The van der Waals surface area contributed by atoms with Crippen LogP contribution >= 0.6 is 0 Å². The zero-order valence-electron chi connectivity index (χ0n) is 12.9. The number of amides is 1. The first-order chi connectivity index (χ1) is 10.6. The number of rotatable bonds is 4. The van der Waals surface area contributed by atoms with Gasteiger partial charge in [-0.3, -0.25) is 9.59 Å². The average Bonchev–Trinajstić information content (AvgIpc) is 3.01. The summed E-state index contributed by atoms with van der Waals surface area (Å²) in [5, 5.41) is 12.4. The lowest BCUT2D eigenvalue weighted by Crippen LogP contribution is -2.44. The number of carboxylic acid groups (broad SMARTS) is 1. The van der Waals surface area contributed by atoms with E-state index in [4.69, 9.17) is 0 Å². The number of carbonyl (C=O) groups excluding carboxylic acids is 1. The number of nitrogens with one attached hydrogen (secondary N) is 1. The summed E-state index contributed by atoms with van der Waals surface area (Å²) in [6, 6.07) is 5.85. The van der Waals surface area contributed by atoms with Crippen molar-refractivity contribution in [3.05, 3.63) is 34.9 Å². The van der Waals surface area contributed by atoms with E-state index in [9.17, 15) is 14.7 Å². The molecule has 2 N–H and O–H groups in total. The van der Waals surface area contributed by atoms with Crippen LogP contribution in [0, 0.1) is 5.41 Å². The van der Waals surface area contributed by atoms with Gasteiger partial charge in [-0.1, -0.05) is 25.3 Å². The molecule has 2 aliphatic carbocycles. The van der Waals surface area contributed by atoms with Crippen LogP contribution in [0.2, 0.25) is 0 Å². The largest absolute Gasteiger partial charge is 0.481 e. The minimum absolute atomic E-state index is 0.152. The minimum Gasteiger partial charge on any atom is -0.481 e. The molecule has 0 unspecified atom stereocenters. The van der Waals surface area contributed by atoms with Gasteiger partial charge in [-0.15, -0.1) is 0 Å². The Morgan fingerprint density at radius 2 is 1.77 bits per heavy atom.